The van der Waals surface area contributed by atoms with Crippen LogP contribution in [0.25, 0.3) is 5.53 Å². The van der Waals surface area contributed by atoms with E-state index in [4.69, 9.17) is 14.3 Å². The fourth-order valence-corrected chi connectivity index (χ4v) is 2.04. The molecule has 0 aromatic heterocycles. The molecule has 0 aliphatic carbocycles. The first-order valence-electron chi connectivity index (χ1n) is 8.53. The van der Waals surface area contributed by atoms with Crippen LogP contribution >= 0.6 is 0 Å². The van der Waals surface area contributed by atoms with Gasteiger partial charge in [0.25, 0.3) is 16.9 Å². The predicted octanol–water partition coefficient (Wildman–Crippen LogP) is 0.907. The molecule has 0 aliphatic rings. The zero-order valence-corrected chi connectivity index (χ0v) is 21.7. The number of carbonyl (C=O) groups is 2. The van der Waals surface area contributed by atoms with Crippen molar-refractivity contribution < 1.29 is 96.2 Å². The molecule has 8 nitrogen and oxygen atoms in total. The number of hydrogen-bond acceptors (Lipinski definition) is 6. The molecule has 0 spiro atoms. The zero-order valence-electron chi connectivity index (χ0n) is 18.1. The summed E-state index contributed by atoms with van der Waals surface area (Å²) in [5.41, 5.74) is -2.09. The molecule has 0 heterocycles. The summed E-state index contributed by atoms with van der Waals surface area (Å²) in [5, 5.41) is 0. The third-order valence-corrected chi connectivity index (χ3v) is 4.19. The summed E-state index contributed by atoms with van der Waals surface area (Å²) in [6, 6.07) is 9.51. The molecule has 2 unspecified atom stereocenters. The topological polar surface area (TPSA) is 137 Å². The van der Waals surface area contributed by atoms with Crippen LogP contribution in [0.1, 0.15) is 20.7 Å². The second-order valence-corrected chi connectivity index (χ2v) is 7.78. The molecule has 0 radical (unpaired) electrons. The fourth-order valence-electron chi connectivity index (χ4n) is 1.69. The molecular weight excluding hydrogens is 579 g/mol. The van der Waals surface area contributed by atoms with E-state index in [1.54, 1.807) is 0 Å². The molecule has 2 atom stereocenters. The van der Waals surface area contributed by atoms with Gasteiger partial charge >= 0.3 is 46.8 Å². The quantitative estimate of drug-likeness (QED) is 0.0933. The number of carbonyl (C=O) groups excluding carboxylic acids is 2. The van der Waals surface area contributed by atoms with Gasteiger partial charge in [-0.05, 0) is 24.3 Å². The Morgan fingerprint density at radius 2 is 1.35 bits per heavy atom. The molecule has 0 aliphatic heterocycles. The van der Waals surface area contributed by atoms with Crippen LogP contribution in [0.5, 0.6) is 0 Å². The van der Waals surface area contributed by atoms with Gasteiger partial charge in [-0.2, -0.15) is 31.1 Å². The summed E-state index contributed by atoms with van der Waals surface area (Å²) < 4.78 is 124. The number of hydrogen-bond donors (Lipinski definition) is 0. The van der Waals surface area contributed by atoms with Gasteiger partial charge in [0.1, 0.15) is 18.2 Å². The van der Waals surface area contributed by atoms with Crippen LogP contribution in [-0.2, 0) is 26.3 Å². The molecule has 0 amide bonds. The van der Waals surface area contributed by atoms with Crippen molar-refractivity contribution in [2.75, 3.05) is 6.61 Å². The van der Waals surface area contributed by atoms with E-state index in [2.05, 4.69) is 8.97 Å². The van der Waals surface area contributed by atoms with Crippen molar-refractivity contribution in [2.45, 2.75) is 11.0 Å². The normalized spacial score (nSPS) is 12.1. The number of benzene rings is 2. The van der Waals surface area contributed by atoms with E-state index in [0.717, 1.165) is 24.4 Å². The van der Waals surface area contributed by atoms with Crippen LogP contribution in [0, 0.1) is 11.6 Å². The first kappa shape index (κ1) is 37.0. The third kappa shape index (κ3) is 16.3. The van der Waals surface area contributed by atoms with Gasteiger partial charge in [-0.1, -0.05) is 24.3 Å². The summed E-state index contributed by atoms with van der Waals surface area (Å²) in [5.74, 6) is -2.61. The molecule has 37 heavy (non-hydrogen) atoms. The second-order valence-electron chi connectivity index (χ2n) is 5.68. The molecule has 0 saturated carbocycles. The molecule has 0 fully saturated rings. The number of Topliss-reactive ketones (excluding diaryl/α,β-unsaturated/α-hetero) is 2. The van der Waals surface area contributed by atoms with Crippen molar-refractivity contribution in [1.29, 1.82) is 0 Å². The van der Waals surface area contributed by atoms with E-state index in [9.17, 15) is 48.9 Å². The van der Waals surface area contributed by atoms with Crippen molar-refractivity contribution in [1.82, 2.24) is 0 Å². The number of alkyl halides is 6. The Kier molecular flexibility index (Phi) is 17.3. The van der Waals surface area contributed by atoms with Gasteiger partial charge in [0.05, 0.1) is 11.1 Å². The van der Waals surface area contributed by atoms with Crippen molar-refractivity contribution >= 4 is 39.9 Å². The molecule has 198 valence electrons. The first-order valence-corrected chi connectivity index (χ1v) is 10.7. The maximum absolute atomic E-state index is 12.7. The Labute approximate surface area is 229 Å². The predicted molar refractivity (Wildman–Crippen MR) is 106 cm³/mol. The van der Waals surface area contributed by atoms with Crippen LogP contribution in [0.3, 0.4) is 0 Å². The van der Waals surface area contributed by atoms with Crippen LogP contribution < -0.4 is 29.6 Å². The minimum atomic E-state index is -5.08. The minimum Gasteiger partial charge on any atom is -0.766 e. The van der Waals surface area contributed by atoms with Crippen LogP contribution in [0.2, 0.25) is 0 Å². The van der Waals surface area contributed by atoms with E-state index in [1.165, 1.54) is 30.3 Å². The van der Waals surface area contributed by atoms with Gasteiger partial charge in [-0.3, -0.25) is 18.0 Å². The number of halogens is 8. The van der Waals surface area contributed by atoms with E-state index in [0.29, 0.717) is 0 Å². The number of nitrogens with zero attached hydrogens (tertiary/aromatic N) is 2. The van der Waals surface area contributed by atoms with Gasteiger partial charge in [0.2, 0.25) is 0 Å². The summed E-state index contributed by atoms with van der Waals surface area (Å²) in [4.78, 5) is 24.7. The summed E-state index contributed by atoms with van der Waals surface area (Å²) >= 11 is -7.48. The van der Waals surface area contributed by atoms with Gasteiger partial charge in [-0.25, -0.2) is 13.0 Å². The zero-order chi connectivity index (χ0) is 28.1. The molecule has 2 aromatic rings. The minimum absolute atomic E-state index is 0. The molecule has 0 saturated heterocycles. The van der Waals surface area contributed by atoms with E-state index < -0.39 is 63.0 Å². The van der Waals surface area contributed by atoms with Crippen LogP contribution in [0.4, 0.5) is 35.1 Å². The molecular formula is C18H11F8N2NaO6S2. The average Bonchev–Trinajstić information content (AvgIpc) is 2.77. The Balaban J connectivity index is 0. The van der Waals surface area contributed by atoms with Crippen LogP contribution in [0.15, 0.2) is 48.5 Å². The third-order valence-electron chi connectivity index (χ3n) is 3.11. The van der Waals surface area contributed by atoms with E-state index in [-0.39, 0.29) is 40.7 Å². The largest absolute Gasteiger partial charge is 1.00 e. The summed E-state index contributed by atoms with van der Waals surface area (Å²) in [7, 11) is 0. The van der Waals surface area contributed by atoms with Gasteiger partial charge in [0.15, 0.2) is 5.78 Å². The molecule has 2 aromatic carbocycles. The molecule has 0 bridgehead atoms. The van der Waals surface area contributed by atoms with Crippen molar-refractivity contribution in [2.24, 2.45) is 0 Å². The smallest absolute Gasteiger partial charge is 0.766 e. The molecule has 0 N–H and O–H groups in total. The monoisotopic (exact) mass is 590 g/mol. The van der Waals surface area contributed by atoms with Crippen LogP contribution in [-0.4, -0.2) is 53.2 Å². The standard InChI is InChI=1S/C9H6F4O3S.C8H5FN2O.CHF3O2S.Na/c10-7-3-1-2-6(4-7)8(14)5-16-17(15)9(11,12)13;9-7-3-1-2-6(4-7)8(12)5-11-10;2-1(3,4)7(5)6;/h1-4H,5H2;1-5H;(H,5,6);/q;;;+1/p-1. The summed E-state index contributed by atoms with van der Waals surface area (Å²) in [6.45, 7) is -1.03. The average molecular weight is 590 g/mol. The van der Waals surface area contributed by atoms with E-state index >= 15 is 0 Å². The maximum atomic E-state index is 12.7. The molecule has 2 rings (SSSR count). The SMILES string of the molecule is O=C(COS(=O)C(F)(F)F)c1cccc(F)c1.O=S([O-])C(F)(F)F.[N-]=[N+]=CC(=O)c1cccc(F)c1.[Na+]. The Morgan fingerprint density at radius 3 is 1.73 bits per heavy atom. The van der Waals surface area contributed by atoms with Gasteiger partial charge in [0, 0.05) is 11.1 Å². The number of rotatable bonds is 6. The fraction of sp³-hybridized carbons (Fsp3) is 0.167. The molecule has 19 heteroatoms. The maximum Gasteiger partial charge on any atom is 1.00 e. The van der Waals surface area contributed by atoms with Gasteiger partial charge in [-0.15, -0.1) is 0 Å². The van der Waals surface area contributed by atoms with Crippen molar-refractivity contribution in [3.05, 3.63) is 76.8 Å². The Bertz CT molecular complexity index is 1160. The Morgan fingerprint density at radius 1 is 0.919 bits per heavy atom. The van der Waals surface area contributed by atoms with Crippen molar-refractivity contribution in [3.63, 3.8) is 0 Å². The Hall–Kier alpha value is -2.18. The van der Waals surface area contributed by atoms with E-state index in [1.807, 2.05) is 0 Å². The second kappa shape index (κ2) is 17.4. The summed E-state index contributed by atoms with van der Waals surface area (Å²) in [6.07, 6.45) is 0.717. The van der Waals surface area contributed by atoms with Gasteiger partial charge < -0.3 is 10.1 Å². The first-order chi connectivity index (χ1) is 16.5. The van der Waals surface area contributed by atoms with Crippen molar-refractivity contribution in [3.8, 4) is 0 Å². The number of ketones is 2.